The Morgan fingerprint density at radius 3 is 2.56 bits per heavy atom. The molecule has 2 aromatic rings. The molecule has 150 valence electrons. The van der Waals surface area contributed by atoms with Gasteiger partial charge in [0, 0.05) is 18.2 Å². The van der Waals surface area contributed by atoms with E-state index in [0.717, 1.165) is 17.3 Å². The van der Waals surface area contributed by atoms with E-state index in [1.54, 1.807) is 6.92 Å². The van der Waals surface area contributed by atoms with Crippen molar-refractivity contribution in [2.75, 3.05) is 19.0 Å². The molecule has 12 heteroatoms. The van der Waals surface area contributed by atoms with Crippen LogP contribution in [0, 0.1) is 11.6 Å². The Kier molecular flexibility index (Phi) is 6.22. The van der Waals surface area contributed by atoms with Crippen LogP contribution < -0.4 is 0 Å². The number of aromatic nitrogens is 3. The molecule has 7 nitrogen and oxygen atoms in total. The van der Waals surface area contributed by atoms with Crippen molar-refractivity contribution in [1.29, 1.82) is 0 Å². The molecule has 0 spiro atoms. The first-order valence-electron chi connectivity index (χ1n) is 7.73. The van der Waals surface area contributed by atoms with E-state index in [9.17, 15) is 22.3 Å². The first-order valence-corrected chi connectivity index (χ1v) is 9.38. The Bertz CT molecular complexity index is 877. The van der Waals surface area contributed by atoms with Gasteiger partial charge in [0.15, 0.2) is 5.60 Å². The second-order valence-electron chi connectivity index (χ2n) is 5.61. The van der Waals surface area contributed by atoms with Crippen LogP contribution in [-0.2, 0) is 26.7 Å². The van der Waals surface area contributed by atoms with E-state index in [0.29, 0.717) is 12.1 Å². The zero-order valence-electron chi connectivity index (χ0n) is 14.1. The van der Waals surface area contributed by atoms with Crippen LogP contribution in [-0.4, -0.2) is 52.5 Å². The summed E-state index contributed by atoms with van der Waals surface area (Å²) in [6, 6.07) is 1.46. The summed E-state index contributed by atoms with van der Waals surface area (Å²) in [5.74, 6) is -3.73. The molecule has 27 heavy (non-hydrogen) atoms. The van der Waals surface area contributed by atoms with Crippen LogP contribution in [0.1, 0.15) is 12.5 Å². The van der Waals surface area contributed by atoms with Gasteiger partial charge in [0.1, 0.15) is 24.3 Å². The van der Waals surface area contributed by atoms with Crippen LogP contribution in [0.3, 0.4) is 0 Å². The Hall–Kier alpha value is -2.05. The topological polar surface area (TPSA) is 94.3 Å². The molecule has 1 atom stereocenters. The standard InChI is InChI=1S/C15H17F4N3O4S/c1-2-26-5-6-27(24,25)15(18,19)14(23,8-22-10-20-9-21-22)12-4-3-11(16)7-13(12)17/h3-4,7,9-10,23H,2,5-6,8H2,1H3. The molecule has 1 N–H and O–H groups in total. The lowest BCUT2D eigenvalue weighted by Crippen LogP contribution is -2.54. The van der Waals surface area contributed by atoms with Crippen LogP contribution in [0.15, 0.2) is 30.9 Å². The molecule has 1 heterocycles. The third-order valence-electron chi connectivity index (χ3n) is 3.81. The van der Waals surface area contributed by atoms with Gasteiger partial charge in [-0.3, -0.25) is 0 Å². The molecule has 0 saturated carbocycles. The fraction of sp³-hybridized carbons (Fsp3) is 0.467. The fourth-order valence-corrected chi connectivity index (χ4v) is 3.69. The minimum atomic E-state index is -5.30. The van der Waals surface area contributed by atoms with Gasteiger partial charge >= 0.3 is 5.25 Å². The van der Waals surface area contributed by atoms with Crippen molar-refractivity contribution in [3.05, 3.63) is 48.1 Å². The van der Waals surface area contributed by atoms with Crippen molar-refractivity contribution in [2.45, 2.75) is 24.3 Å². The molecule has 1 aromatic heterocycles. The van der Waals surface area contributed by atoms with Crippen molar-refractivity contribution in [1.82, 2.24) is 14.8 Å². The van der Waals surface area contributed by atoms with Crippen LogP contribution in [0.2, 0.25) is 0 Å². The number of hydrogen-bond acceptors (Lipinski definition) is 6. The molecule has 0 amide bonds. The highest BCUT2D eigenvalue weighted by molar-refractivity contribution is 7.92. The molecular formula is C15H17F4N3O4S. The Morgan fingerprint density at radius 1 is 1.30 bits per heavy atom. The Morgan fingerprint density at radius 2 is 2.00 bits per heavy atom. The van der Waals surface area contributed by atoms with Crippen LogP contribution in [0.5, 0.6) is 0 Å². The third-order valence-corrected chi connectivity index (χ3v) is 5.63. The van der Waals surface area contributed by atoms with E-state index in [1.807, 2.05) is 0 Å². The van der Waals surface area contributed by atoms with Gasteiger partial charge in [0.25, 0.3) is 0 Å². The number of hydrogen-bond donors (Lipinski definition) is 1. The Balaban J connectivity index is 2.57. The summed E-state index contributed by atoms with van der Waals surface area (Å²) in [4.78, 5) is 3.51. The highest BCUT2D eigenvalue weighted by atomic mass is 32.2. The lowest BCUT2D eigenvalue weighted by atomic mass is 9.93. The number of nitrogens with zero attached hydrogens (tertiary/aromatic N) is 3. The van der Waals surface area contributed by atoms with E-state index in [1.165, 1.54) is 0 Å². The fourth-order valence-electron chi connectivity index (χ4n) is 2.41. The maximum Gasteiger partial charge on any atom is 0.379 e. The van der Waals surface area contributed by atoms with Crippen molar-refractivity contribution in [2.24, 2.45) is 0 Å². The van der Waals surface area contributed by atoms with E-state index < -0.39 is 56.8 Å². The minimum Gasteiger partial charge on any atom is -0.381 e. The van der Waals surface area contributed by atoms with E-state index >= 15 is 8.78 Å². The molecule has 2 rings (SSSR count). The monoisotopic (exact) mass is 411 g/mol. The Labute approximate surface area is 152 Å². The number of aliphatic hydroxyl groups is 1. The van der Waals surface area contributed by atoms with Crippen LogP contribution in [0.4, 0.5) is 17.6 Å². The van der Waals surface area contributed by atoms with Gasteiger partial charge in [-0.05, 0) is 19.1 Å². The van der Waals surface area contributed by atoms with E-state index in [-0.39, 0.29) is 12.7 Å². The first kappa shape index (κ1) is 21.3. The summed E-state index contributed by atoms with van der Waals surface area (Å²) in [6.07, 6.45) is 1.90. The van der Waals surface area contributed by atoms with Gasteiger partial charge < -0.3 is 9.84 Å². The minimum absolute atomic E-state index is 0.0942. The molecule has 0 bridgehead atoms. The van der Waals surface area contributed by atoms with Gasteiger partial charge in [-0.25, -0.2) is 26.9 Å². The molecular weight excluding hydrogens is 394 g/mol. The highest BCUT2D eigenvalue weighted by Crippen LogP contribution is 2.44. The predicted octanol–water partition coefficient (Wildman–Crippen LogP) is 1.49. The van der Waals surface area contributed by atoms with Crippen LogP contribution in [0.25, 0.3) is 0 Å². The molecule has 1 aromatic carbocycles. The molecule has 1 unspecified atom stereocenters. The second-order valence-corrected chi connectivity index (χ2v) is 7.76. The number of ether oxygens (including phenoxy) is 1. The lowest BCUT2D eigenvalue weighted by molar-refractivity contribution is -0.145. The second kappa shape index (κ2) is 7.90. The lowest BCUT2D eigenvalue weighted by Gasteiger charge is -2.35. The highest BCUT2D eigenvalue weighted by Gasteiger charge is 2.63. The van der Waals surface area contributed by atoms with E-state index in [4.69, 9.17) is 4.74 Å². The van der Waals surface area contributed by atoms with E-state index in [2.05, 4.69) is 10.1 Å². The summed E-state index contributed by atoms with van der Waals surface area (Å²) in [5, 5.41) is 9.42. The quantitative estimate of drug-likeness (QED) is 0.496. The zero-order chi connectivity index (χ0) is 20.3. The number of halogens is 4. The van der Waals surface area contributed by atoms with Crippen molar-refractivity contribution < 1.29 is 35.8 Å². The zero-order valence-corrected chi connectivity index (χ0v) is 15.0. The first-order chi connectivity index (χ1) is 12.5. The van der Waals surface area contributed by atoms with Gasteiger partial charge in [-0.15, -0.1) is 0 Å². The summed E-state index contributed by atoms with van der Waals surface area (Å²) >= 11 is 0. The molecule has 0 saturated heterocycles. The number of sulfone groups is 1. The molecule has 0 aliphatic heterocycles. The van der Waals surface area contributed by atoms with Gasteiger partial charge in [-0.1, -0.05) is 0 Å². The van der Waals surface area contributed by atoms with Crippen molar-refractivity contribution in [3.63, 3.8) is 0 Å². The van der Waals surface area contributed by atoms with Crippen molar-refractivity contribution in [3.8, 4) is 0 Å². The van der Waals surface area contributed by atoms with Crippen LogP contribution >= 0.6 is 0 Å². The third kappa shape index (κ3) is 4.12. The largest absolute Gasteiger partial charge is 0.381 e. The number of alkyl halides is 2. The maximum absolute atomic E-state index is 15.0. The maximum atomic E-state index is 15.0. The smallest absolute Gasteiger partial charge is 0.379 e. The summed E-state index contributed by atoms with van der Waals surface area (Å²) in [5.41, 5.74) is -4.67. The average molecular weight is 411 g/mol. The summed E-state index contributed by atoms with van der Waals surface area (Å²) in [7, 11) is -5.30. The number of rotatable bonds is 9. The molecule has 0 aliphatic carbocycles. The summed E-state index contributed by atoms with van der Waals surface area (Å²) < 4.78 is 87.4. The number of benzene rings is 1. The summed E-state index contributed by atoms with van der Waals surface area (Å²) in [6.45, 7) is -0.0489. The van der Waals surface area contributed by atoms with Crippen molar-refractivity contribution >= 4 is 9.84 Å². The van der Waals surface area contributed by atoms with Gasteiger partial charge in [-0.2, -0.15) is 13.9 Å². The van der Waals surface area contributed by atoms with Gasteiger partial charge in [0.2, 0.25) is 9.84 Å². The normalized spacial score (nSPS) is 14.9. The molecule has 0 radical (unpaired) electrons. The predicted molar refractivity (Wildman–Crippen MR) is 85.5 cm³/mol. The molecule has 0 fully saturated rings. The SMILES string of the molecule is CCOCCS(=O)(=O)C(F)(F)C(O)(Cn1cncn1)c1ccc(F)cc1F. The molecule has 0 aliphatic rings. The average Bonchev–Trinajstić information content (AvgIpc) is 3.07. The van der Waals surface area contributed by atoms with Gasteiger partial charge in [0.05, 0.1) is 18.9 Å².